The molecule has 51 heavy (non-hydrogen) atoms. The van der Waals surface area contributed by atoms with Crippen molar-refractivity contribution >= 4 is 49.4 Å². The Morgan fingerprint density at radius 2 is 1.04 bits per heavy atom. The minimum absolute atomic E-state index is 0.679. The van der Waals surface area contributed by atoms with Crippen LogP contribution in [-0.4, -0.2) is 14.5 Å². The summed E-state index contributed by atoms with van der Waals surface area (Å²) in [5.41, 5.74) is 10.1. The lowest BCUT2D eigenvalue weighted by molar-refractivity contribution is 0.986. The average Bonchev–Trinajstić information content (AvgIpc) is 3.55. The van der Waals surface area contributed by atoms with Crippen LogP contribution in [0.25, 0.3) is 77.9 Å². The molecule has 7 aromatic carbocycles. The number of hydrogen-bond donors (Lipinski definition) is 0. The molecule has 0 aliphatic heterocycles. The van der Waals surface area contributed by atoms with E-state index in [2.05, 4.69) is 165 Å². The molecule has 0 aliphatic carbocycles. The molecule has 0 spiro atoms. The van der Waals surface area contributed by atoms with Gasteiger partial charge in [-0.3, -0.25) is 4.57 Å². The molecule has 0 radical (unpaired) electrons. The van der Waals surface area contributed by atoms with E-state index in [9.17, 15) is 0 Å². The molecule has 3 heteroatoms. The first-order valence-electron chi connectivity index (χ1n) is 17.7. The summed E-state index contributed by atoms with van der Waals surface area (Å²) in [4.78, 5) is 10.7. The fourth-order valence-electron chi connectivity index (χ4n) is 7.34. The van der Waals surface area contributed by atoms with Gasteiger partial charge in [-0.25, -0.2) is 9.97 Å². The molecule has 9 aromatic rings. The zero-order valence-corrected chi connectivity index (χ0v) is 29.2. The number of nitrogens with zero attached hydrogens (tertiary/aromatic N) is 3. The number of allylic oxidation sites excluding steroid dienone is 1. The van der Waals surface area contributed by atoms with Crippen molar-refractivity contribution in [3.63, 3.8) is 0 Å². The summed E-state index contributed by atoms with van der Waals surface area (Å²) in [6.45, 7) is 6.41. The quantitative estimate of drug-likeness (QED) is 0.172. The standard InChI is InChI=1S/C41H31N3.C7H8/c1-3-15-27-24-25-35-38-33-22-13-11-20-31(33)32-21-12-14-23-34(32)40(38)44(39(35)30(27)4-2)41-42-36(28-16-7-5-8-17-28)26-37(43-41)29-18-9-6-10-19-29;1-7-5-3-2-4-6-7/h3,5-26H,4H2,1-2H3;2-6H,1H3/b15-3-;. The van der Waals surface area contributed by atoms with E-state index in [1.165, 1.54) is 54.5 Å². The van der Waals surface area contributed by atoms with E-state index in [-0.39, 0.29) is 0 Å². The molecule has 0 aliphatic rings. The zero-order chi connectivity index (χ0) is 34.7. The van der Waals surface area contributed by atoms with Crippen molar-refractivity contribution in [1.29, 1.82) is 0 Å². The fraction of sp³-hybridized carbons (Fsp3) is 0.0833. The summed E-state index contributed by atoms with van der Waals surface area (Å²) >= 11 is 0. The first kappa shape index (κ1) is 31.9. The monoisotopic (exact) mass is 657 g/mol. The predicted molar refractivity (Wildman–Crippen MR) is 218 cm³/mol. The highest BCUT2D eigenvalue weighted by molar-refractivity contribution is 6.32. The van der Waals surface area contributed by atoms with Gasteiger partial charge in [-0.15, -0.1) is 0 Å². The van der Waals surface area contributed by atoms with Gasteiger partial charge in [-0.1, -0.05) is 176 Å². The second-order valence-electron chi connectivity index (χ2n) is 12.9. The summed E-state index contributed by atoms with van der Waals surface area (Å²) in [6, 6.07) is 55.3. The number of aryl methyl sites for hydroxylation is 2. The van der Waals surface area contributed by atoms with Crippen LogP contribution < -0.4 is 0 Å². The van der Waals surface area contributed by atoms with Crippen LogP contribution in [0.5, 0.6) is 0 Å². The van der Waals surface area contributed by atoms with Gasteiger partial charge in [-0.2, -0.15) is 0 Å². The molecule has 0 saturated carbocycles. The first-order chi connectivity index (χ1) is 25.2. The third-order valence-corrected chi connectivity index (χ3v) is 9.63. The van der Waals surface area contributed by atoms with Crippen molar-refractivity contribution in [2.24, 2.45) is 0 Å². The third-order valence-electron chi connectivity index (χ3n) is 9.63. The van der Waals surface area contributed by atoms with E-state index in [0.717, 1.165) is 34.5 Å². The van der Waals surface area contributed by atoms with Crippen LogP contribution in [0.2, 0.25) is 0 Å². The fourth-order valence-corrected chi connectivity index (χ4v) is 7.34. The van der Waals surface area contributed by atoms with E-state index in [1.54, 1.807) is 0 Å². The number of hydrogen-bond acceptors (Lipinski definition) is 2. The number of benzene rings is 7. The van der Waals surface area contributed by atoms with Crippen molar-refractivity contribution in [1.82, 2.24) is 14.5 Å². The van der Waals surface area contributed by atoms with Crippen LogP contribution in [-0.2, 0) is 6.42 Å². The van der Waals surface area contributed by atoms with Crippen LogP contribution in [0, 0.1) is 6.92 Å². The summed E-state index contributed by atoms with van der Waals surface area (Å²) in [6.07, 6.45) is 5.22. The third kappa shape index (κ3) is 5.87. The molecule has 0 N–H and O–H groups in total. The van der Waals surface area contributed by atoms with Crippen LogP contribution in [0.1, 0.15) is 30.5 Å². The Morgan fingerprint density at radius 3 is 1.57 bits per heavy atom. The average molecular weight is 658 g/mol. The molecule has 2 heterocycles. The maximum absolute atomic E-state index is 5.34. The van der Waals surface area contributed by atoms with E-state index >= 15 is 0 Å². The summed E-state index contributed by atoms with van der Waals surface area (Å²) in [7, 11) is 0. The van der Waals surface area contributed by atoms with Gasteiger partial charge in [0.2, 0.25) is 5.95 Å². The molecule has 0 atom stereocenters. The molecule has 0 fully saturated rings. The van der Waals surface area contributed by atoms with Crippen LogP contribution in [0.15, 0.2) is 164 Å². The maximum atomic E-state index is 5.34. The lowest BCUT2D eigenvalue weighted by Gasteiger charge is -2.15. The van der Waals surface area contributed by atoms with Gasteiger partial charge in [0.1, 0.15) is 0 Å². The smallest absolute Gasteiger partial charge is 0.235 e. The number of rotatable bonds is 5. The topological polar surface area (TPSA) is 30.7 Å². The largest absolute Gasteiger partial charge is 0.277 e. The van der Waals surface area contributed by atoms with Gasteiger partial charge < -0.3 is 0 Å². The van der Waals surface area contributed by atoms with Gasteiger partial charge in [0, 0.05) is 27.3 Å². The molecule has 9 rings (SSSR count). The highest BCUT2D eigenvalue weighted by atomic mass is 15.2. The van der Waals surface area contributed by atoms with E-state index in [0.29, 0.717) is 5.95 Å². The Labute approximate surface area is 299 Å². The second kappa shape index (κ2) is 13.9. The Bertz CT molecular complexity index is 2610. The summed E-state index contributed by atoms with van der Waals surface area (Å²) in [5, 5.41) is 7.39. The lowest BCUT2D eigenvalue weighted by atomic mass is 9.95. The predicted octanol–water partition coefficient (Wildman–Crippen LogP) is 12.8. The van der Waals surface area contributed by atoms with E-state index < -0.39 is 0 Å². The second-order valence-corrected chi connectivity index (χ2v) is 12.9. The van der Waals surface area contributed by atoms with Crippen molar-refractivity contribution in [2.45, 2.75) is 27.2 Å². The highest BCUT2D eigenvalue weighted by Gasteiger charge is 2.23. The van der Waals surface area contributed by atoms with Crippen LogP contribution >= 0.6 is 0 Å². The van der Waals surface area contributed by atoms with Crippen LogP contribution in [0.3, 0.4) is 0 Å². The van der Waals surface area contributed by atoms with Gasteiger partial charge >= 0.3 is 0 Å². The lowest BCUT2D eigenvalue weighted by Crippen LogP contribution is -2.06. The maximum Gasteiger partial charge on any atom is 0.235 e. The molecular formula is C48H39N3. The Kier molecular flexibility index (Phi) is 8.69. The Hall–Kier alpha value is -6.32. The Balaban J connectivity index is 0.000000480. The number of aromatic nitrogens is 3. The molecule has 0 bridgehead atoms. The zero-order valence-electron chi connectivity index (χ0n) is 29.2. The molecule has 0 unspecified atom stereocenters. The van der Waals surface area contributed by atoms with Crippen LogP contribution in [0.4, 0.5) is 0 Å². The molecule has 0 saturated heterocycles. The van der Waals surface area contributed by atoms with E-state index in [4.69, 9.17) is 9.97 Å². The van der Waals surface area contributed by atoms with Gasteiger partial charge in [-0.05, 0) is 53.6 Å². The first-order valence-corrected chi connectivity index (χ1v) is 17.7. The molecule has 2 aromatic heterocycles. The Morgan fingerprint density at radius 1 is 0.529 bits per heavy atom. The summed E-state index contributed by atoms with van der Waals surface area (Å²) in [5.74, 6) is 0.679. The van der Waals surface area contributed by atoms with Crippen molar-refractivity contribution in [3.8, 4) is 28.5 Å². The SMILES string of the molecule is C/C=C\c1ccc2c3c4ccccc4c4ccccc4c3n(-c3nc(-c4ccccc4)cc(-c4ccccc4)n3)c2c1CC.Cc1ccccc1. The van der Waals surface area contributed by atoms with Crippen molar-refractivity contribution in [3.05, 3.63) is 180 Å². The number of fused-ring (bicyclic) bond motifs is 8. The minimum Gasteiger partial charge on any atom is -0.277 e. The molecule has 0 amide bonds. The van der Waals surface area contributed by atoms with Gasteiger partial charge in [0.15, 0.2) is 0 Å². The molecular weight excluding hydrogens is 619 g/mol. The van der Waals surface area contributed by atoms with Crippen molar-refractivity contribution < 1.29 is 0 Å². The molecule has 3 nitrogen and oxygen atoms in total. The molecule has 246 valence electrons. The van der Waals surface area contributed by atoms with Crippen molar-refractivity contribution in [2.75, 3.05) is 0 Å². The minimum atomic E-state index is 0.679. The van der Waals surface area contributed by atoms with Gasteiger partial charge in [0.05, 0.1) is 22.4 Å². The van der Waals surface area contributed by atoms with Gasteiger partial charge in [0.25, 0.3) is 0 Å². The summed E-state index contributed by atoms with van der Waals surface area (Å²) < 4.78 is 2.35. The van der Waals surface area contributed by atoms with E-state index in [1.807, 2.05) is 30.3 Å². The highest BCUT2D eigenvalue weighted by Crippen LogP contribution is 2.44. The normalized spacial score (nSPS) is 11.4.